The van der Waals surface area contributed by atoms with Crippen molar-refractivity contribution in [2.24, 2.45) is 0 Å². The Morgan fingerprint density at radius 3 is 2.25 bits per heavy atom. The minimum Gasteiger partial charge on any atom is -0.0891 e. The van der Waals surface area contributed by atoms with Gasteiger partial charge in [-0.15, -0.1) is 0 Å². The van der Waals surface area contributed by atoms with E-state index in [2.05, 4.69) is 12.8 Å². The van der Waals surface area contributed by atoms with Crippen LogP contribution in [-0.2, 0) is 0 Å². The summed E-state index contributed by atoms with van der Waals surface area (Å²) in [6, 6.07) is 0. The van der Waals surface area contributed by atoms with E-state index in [9.17, 15) is 0 Å². The van der Waals surface area contributed by atoms with Crippen LogP contribution in [0.15, 0.2) is 0 Å². The summed E-state index contributed by atoms with van der Waals surface area (Å²) in [5.74, 6) is 2.07. The van der Waals surface area contributed by atoms with Crippen LogP contribution in [0.5, 0.6) is 0 Å². The zero-order valence-electron chi connectivity index (χ0n) is 2.41. The first kappa shape index (κ1) is 3.56. The van der Waals surface area contributed by atoms with E-state index in [-0.39, 0.29) is 0 Å². The van der Waals surface area contributed by atoms with Crippen LogP contribution >= 0.6 is 0 Å². The minimum absolute atomic E-state index is 0.486. The molecule has 0 aliphatic rings. The highest BCUT2D eigenvalue weighted by molar-refractivity contribution is 4.75. The molecule has 0 nitrogen and oxygen atoms in total. The predicted molar refractivity (Wildman–Crippen MR) is 17.1 cm³/mol. The summed E-state index contributed by atoms with van der Waals surface area (Å²) >= 11 is 0. The van der Waals surface area contributed by atoms with Crippen molar-refractivity contribution in [3.8, 4) is 5.92 Å². The van der Waals surface area contributed by atoms with Gasteiger partial charge in [0.1, 0.15) is 0 Å². The molecule has 4 heavy (non-hydrogen) atoms. The smallest absolute Gasteiger partial charge is 0.00992 e. The second-order valence-electron chi connectivity index (χ2n) is 0.427. The van der Waals surface area contributed by atoms with Crippen LogP contribution in [-0.4, -0.2) is 0 Å². The predicted octanol–water partition coefficient (Wildman–Crippen LogP) is 0.800. The van der Waals surface area contributed by atoms with E-state index in [1.165, 1.54) is 0 Å². The van der Waals surface area contributed by atoms with Gasteiger partial charge in [-0.3, -0.25) is 0 Å². The molecule has 0 rings (SSSR count). The van der Waals surface area contributed by atoms with Crippen molar-refractivity contribution < 1.29 is 0 Å². The molecular formula is C4H4. The molecule has 2 radical (unpaired) electrons. The highest BCUT2D eigenvalue weighted by Crippen LogP contribution is 1.57. The Labute approximate surface area is 26.8 Å². The van der Waals surface area contributed by atoms with Gasteiger partial charge in [0, 0.05) is 6.42 Å². The van der Waals surface area contributed by atoms with E-state index in [4.69, 9.17) is 6.42 Å². The van der Waals surface area contributed by atoms with Gasteiger partial charge in [-0.1, -0.05) is 5.92 Å². The quantitative estimate of drug-likeness (QED) is 0.357. The molecule has 0 amide bonds. The number of hydrogen-bond acceptors (Lipinski definition) is 0. The molecule has 0 aromatic rings. The summed E-state index contributed by atoms with van der Waals surface area (Å²) in [6.07, 6.45) is 6.62. The molecule has 0 aromatic carbocycles. The van der Waals surface area contributed by atoms with Crippen LogP contribution in [0.4, 0.5) is 0 Å². The summed E-state index contributed by atoms with van der Waals surface area (Å²) in [4.78, 5) is 0. The van der Waals surface area contributed by atoms with Crippen molar-refractivity contribution in [2.45, 2.75) is 6.42 Å². The highest BCUT2D eigenvalue weighted by atomic mass is 13.5. The Kier molecular flexibility index (Phi) is 2.28. The first-order valence-corrected chi connectivity index (χ1v) is 1.10. The summed E-state index contributed by atoms with van der Waals surface area (Å²) in [5.41, 5.74) is 0. The lowest BCUT2D eigenvalue weighted by atomic mass is 10.5. The maximum Gasteiger partial charge on any atom is 0.00992 e. The maximum absolute atomic E-state index is 6.14. The third-order valence-electron chi connectivity index (χ3n) is 0.125. The van der Waals surface area contributed by atoms with Gasteiger partial charge >= 0.3 is 0 Å². The van der Waals surface area contributed by atoms with E-state index in [1.54, 1.807) is 0 Å². The fraction of sp³-hybridized carbons (Fsp3) is 0.250. The second-order valence-corrected chi connectivity index (χ2v) is 0.427. The van der Waals surface area contributed by atoms with E-state index in [0.717, 1.165) is 0 Å². The second kappa shape index (κ2) is 2.56. The van der Waals surface area contributed by atoms with Crippen molar-refractivity contribution in [3.05, 3.63) is 13.3 Å². The van der Waals surface area contributed by atoms with Crippen LogP contribution < -0.4 is 0 Å². The van der Waals surface area contributed by atoms with Crippen LogP contribution in [0.25, 0.3) is 0 Å². The van der Waals surface area contributed by atoms with Crippen molar-refractivity contribution in [2.75, 3.05) is 0 Å². The molecule has 0 bridgehead atoms. The first-order chi connectivity index (χ1) is 1.91. The molecule has 0 atom stereocenters. The third kappa shape index (κ3) is 1.56. The van der Waals surface area contributed by atoms with Gasteiger partial charge in [0.15, 0.2) is 0 Å². The molecule has 0 aromatic heterocycles. The van der Waals surface area contributed by atoms with E-state index >= 15 is 0 Å². The van der Waals surface area contributed by atoms with Crippen molar-refractivity contribution in [1.29, 1.82) is 0 Å². The molecule has 0 saturated heterocycles. The fourth-order valence-electron chi connectivity index (χ4n) is 0. The monoisotopic (exact) mass is 52.0 g/mol. The maximum atomic E-state index is 6.14. The number of hydrogen-bond donors (Lipinski definition) is 0. The molecule has 0 aliphatic carbocycles. The normalized spacial score (nSPS) is 5.00. The van der Waals surface area contributed by atoms with E-state index in [1.807, 2.05) is 0 Å². The average molecular weight is 52.1 g/mol. The molecule has 0 saturated carbocycles. The largest absolute Gasteiger partial charge is 0.0891 e. The molecule has 0 N–H and O–H groups in total. The van der Waals surface area contributed by atoms with Gasteiger partial charge < -0.3 is 0 Å². The van der Waals surface area contributed by atoms with Crippen LogP contribution in [0.1, 0.15) is 6.42 Å². The Hall–Kier alpha value is -0.440. The first-order valence-electron chi connectivity index (χ1n) is 1.10. The van der Waals surface area contributed by atoms with Gasteiger partial charge in [0.2, 0.25) is 0 Å². The Bertz CT molecular complexity index is 29.8. The van der Waals surface area contributed by atoms with E-state index < -0.39 is 0 Å². The molecule has 20 valence electrons. The summed E-state index contributed by atoms with van der Waals surface area (Å²) in [7, 11) is 0. The zero-order chi connectivity index (χ0) is 3.41. The van der Waals surface area contributed by atoms with Gasteiger partial charge in [-0.05, 0) is 13.3 Å². The lowest BCUT2D eigenvalue weighted by molar-refractivity contribution is 1.48. The van der Waals surface area contributed by atoms with Gasteiger partial charge in [0.25, 0.3) is 0 Å². The average Bonchev–Trinajstić information content (AvgIpc) is 1.37. The van der Waals surface area contributed by atoms with Crippen molar-refractivity contribution in [1.82, 2.24) is 0 Å². The standard InChI is InChI=1S/C4H4/c1-3-4-2/h1,3H2. The lowest BCUT2D eigenvalue weighted by Gasteiger charge is -1.51. The van der Waals surface area contributed by atoms with Crippen LogP contribution in [0.3, 0.4) is 0 Å². The Morgan fingerprint density at radius 2 is 2.25 bits per heavy atom. The SMILES string of the molecule is [C]#CC[CH2]. The van der Waals surface area contributed by atoms with Crippen molar-refractivity contribution in [3.63, 3.8) is 0 Å². The van der Waals surface area contributed by atoms with Gasteiger partial charge in [-0.2, -0.15) is 0 Å². The third-order valence-corrected chi connectivity index (χ3v) is 0.125. The van der Waals surface area contributed by atoms with Crippen LogP contribution in [0.2, 0.25) is 0 Å². The number of rotatable bonds is 0. The molecule has 0 fully saturated rings. The Balaban J connectivity index is 2.43. The molecular weight excluding hydrogens is 48.0 g/mol. The summed E-state index contributed by atoms with van der Waals surface area (Å²) < 4.78 is 0. The highest BCUT2D eigenvalue weighted by Gasteiger charge is 1.45. The zero-order valence-corrected chi connectivity index (χ0v) is 2.41. The lowest BCUT2D eigenvalue weighted by Crippen LogP contribution is -1.39. The van der Waals surface area contributed by atoms with Gasteiger partial charge in [-0.25, -0.2) is 0 Å². The fourth-order valence-corrected chi connectivity index (χ4v) is 0. The molecule has 0 heteroatoms. The van der Waals surface area contributed by atoms with Gasteiger partial charge in [0.05, 0.1) is 0 Å². The van der Waals surface area contributed by atoms with E-state index in [0.29, 0.717) is 6.42 Å². The summed E-state index contributed by atoms with van der Waals surface area (Å²) in [5, 5.41) is 0. The Morgan fingerprint density at radius 1 is 2.00 bits per heavy atom. The molecule has 0 heterocycles. The van der Waals surface area contributed by atoms with Crippen LogP contribution in [0, 0.1) is 19.3 Å². The molecule has 0 unspecified atom stereocenters. The van der Waals surface area contributed by atoms with Crippen molar-refractivity contribution >= 4 is 0 Å². The molecule has 0 aliphatic heterocycles. The molecule has 0 spiro atoms. The minimum atomic E-state index is 0.486. The summed E-state index contributed by atoms with van der Waals surface area (Å²) in [6.45, 7) is 3.31. The topological polar surface area (TPSA) is 0 Å².